The zero-order valence-corrected chi connectivity index (χ0v) is 23.2. The molecule has 0 aliphatic rings. The molecule has 0 saturated carbocycles. The smallest absolute Gasteiger partial charge is 0.265 e. The fraction of sp³-hybridized carbons (Fsp3) is 0. The normalized spacial score (nSPS) is 12.7. The molecule has 0 amide bonds. The fourth-order valence-electron chi connectivity index (χ4n) is 8.15. The average Bonchev–Trinajstić information content (AvgIpc) is 3.71. The van der Waals surface area contributed by atoms with Crippen LogP contribution in [0.1, 0.15) is 0 Å². The maximum absolute atomic E-state index is 14.7. The molecule has 11 aromatic rings. The Bertz CT molecular complexity index is 2990. The third kappa shape index (κ3) is 2.49. The lowest BCUT2D eigenvalue weighted by Gasteiger charge is -2.13. The van der Waals surface area contributed by atoms with E-state index >= 15 is 0 Å². The van der Waals surface area contributed by atoms with E-state index in [0.29, 0.717) is 22.1 Å². The van der Waals surface area contributed by atoms with E-state index < -0.39 is 0 Å². The molecule has 11 rings (SSSR count). The van der Waals surface area contributed by atoms with Gasteiger partial charge in [-0.25, -0.2) is 4.98 Å². The molecule has 9 aromatic carbocycles. The average molecular weight is 561 g/mol. The molecule has 1 N–H and O–H groups in total. The molecule has 0 aliphatic heterocycles. The molecular formula is C40H20N2O2. The molecule has 2 heterocycles. The summed E-state index contributed by atoms with van der Waals surface area (Å²) in [7, 11) is 0. The monoisotopic (exact) mass is 560 g/mol. The summed E-state index contributed by atoms with van der Waals surface area (Å²) in [5, 5.41) is 23.5. The number of nitrogens with zero attached hydrogens (tertiary/aromatic N) is 2. The van der Waals surface area contributed by atoms with Gasteiger partial charge in [-0.05, 0) is 100 Å². The largest absolute Gasteiger partial charge is 0.508 e. The first-order valence-electron chi connectivity index (χ1n) is 14.8. The molecule has 0 radical (unpaired) electrons. The Morgan fingerprint density at radius 3 is 1.70 bits per heavy atom. The van der Waals surface area contributed by atoms with Gasteiger partial charge >= 0.3 is 0 Å². The molecule has 0 bridgehead atoms. The zero-order chi connectivity index (χ0) is 28.8. The van der Waals surface area contributed by atoms with Crippen LogP contribution in [0.5, 0.6) is 5.75 Å². The SMILES string of the molecule is O=c1c2c3cc(-c4ccccc4)c4ccc5ccc6c(-c7ccccc7)cc(c7c6c5c4c37)c2c2nc3cc(O)ccc3n12. The molecule has 0 fully saturated rings. The predicted octanol–water partition coefficient (Wildman–Crippen LogP) is 9.56. The first-order chi connectivity index (χ1) is 21.7. The van der Waals surface area contributed by atoms with Gasteiger partial charge in [-0.1, -0.05) is 84.9 Å². The lowest BCUT2D eigenvalue weighted by molar-refractivity contribution is 0.476. The van der Waals surface area contributed by atoms with Crippen molar-refractivity contribution >= 4 is 81.3 Å². The summed E-state index contributed by atoms with van der Waals surface area (Å²) < 4.78 is 1.74. The van der Waals surface area contributed by atoms with E-state index in [-0.39, 0.29) is 11.3 Å². The summed E-state index contributed by atoms with van der Waals surface area (Å²) in [5.74, 6) is 0.133. The van der Waals surface area contributed by atoms with Crippen LogP contribution in [0.3, 0.4) is 0 Å². The van der Waals surface area contributed by atoms with Gasteiger partial charge in [0.1, 0.15) is 11.4 Å². The highest BCUT2D eigenvalue weighted by atomic mass is 16.3. The highest BCUT2D eigenvalue weighted by Gasteiger charge is 2.29. The number of imidazole rings is 1. The maximum Gasteiger partial charge on any atom is 0.265 e. The van der Waals surface area contributed by atoms with Crippen LogP contribution in [0.4, 0.5) is 0 Å². The van der Waals surface area contributed by atoms with E-state index in [4.69, 9.17) is 4.98 Å². The quantitative estimate of drug-likeness (QED) is 0.214. The Kier molecular flexibility index (Phi) is 3.84. The van der Waals surface area contributed by atoms with Crippen LogP contribution < -0.4 is 5.56 Å². The van der Waals surface area contributed by atoms with Crippen LogP contribution in [0.25, 0.3) is 104 Å². The Labute approximate surface area is 249 Å². The van der Waals surface area contributed by atoms with E-state index in [1.54, 1.807) is 22.6 Å². The van der Waals surface area contributed by atoms with E-state index in [9.17, 15) is 9.90 Å². The second-order valence-corrected chi connectivity index (χ2v) is 12.0. The van der Waals surface area contributed by atoms with Gasteiger partial charge in [0.15, 0.2) is 0 Å². The van der Waals surface area contributed by atoms with Crippen molar-refractivity contribution in [3.63, 3.8) is 0 Å². The topological polar surface area (TPSA) is 54.6 Å². The Hall–Kier alpha value is -6.00. The number of phenols is 1. The van der Waals surface area contributed by atoms with E-state index in [1.807, 2.05) is 12.1 Å². The van der Waals surface area contributed by atoms with Gasteiger partial charge in [0.05, 0.1) is 16.4 Å². The standard InChI is InChI=1S/C40H20N2O2/c43-23-13-16-31-30(17-23)41-39-37-28-18-26(20-7-3-1-4-8-20)24-14-11-22-12-15-25-27(21-9-5-2-6-10-21)19-29(38(37)40(44)42(31)39)36-34(25)32(22)33(24)35(28)36/h1-19,43H. The minimum absolute atomic E-state index is 0.0760. The minimum atomic E-state index is -0.0760. The summed E-state index contributed by atoms with van der Waals surface area (Å²) in [5.41, 5.74) is 6.40. The summed E-state index contributed by atoms with van der Waals surface area (Å²) in [6.07, 6.45) is 0. The van der Waals surface area contributed by atoms with E-state index in [1.165, 1.54) is 37.7 Å². The highest BCUT2D eigenvalue weighted by Crippen LogP contribution is 2.54. The molecule has 44 heavy (non-hydrogen) atoms. The van der Waals surface area contributed by atoms with Crippen molar-refractivity contribution in [1.82, 2.24) is 9.38 Å². The second-order valence-electron chi connectivity index (χ2n) is 12.0. The lowest BCUT2D eigenvalue weighted by atomic mass is 9.89. The summed E-state index contributed by atoms with van der Waals surface area (Å²) in [6.45, 7) is 0. The van der Waals surface area contributed by atoms with Crippen LogP contribution >= 0.6 is 0 Å². The molecular weight excluding hydrogens is 540 g/mol. The van der Waals surface area contributed by atoms with Crippen LogP contribution in [0, 0.1) is 0 Å². The highest BCUT2D eigenvalue weighted by molar-refractivity contribution is 6.50. The number of aromatic hydroxyl groups is 1. The number of hydrogen-bond donors (Lipinski definition) is 1. The Morgan fingerprint density at radius 1 is 0.523 bits per heavy atom. The third-order valence-electron chi connectivity index (χ3n) is 9.87. The lowest BCUT2D eigenvalue weighted by Crippen LogP contribution is -2.05. The van der Waals surface area contributed by atoms with Crippen molar-refractivity contribution < 1.29 is 5.11 Å². The number of fused-ring (bicyclic) bond motifs is 7. The first kappa shape index (κ1) is 22.6. The Morgan fingerprint density at radius 2 is 1.09 bits per heavy atom. The van der Waals surface area contributed by atoms with E-state index in [2.05, 4.69) is 84.9 Å². The second kappa shape index (κ2) is 7.49. The molecule has 4 nitrogen and oxygen atoms in total. The van der Waals surface area contributed by atoms with Crippen molar-refractivity contribution in [2.75, 3.05) is 0 Å². The van der Waals surface area contributed by atoms with Gasteiger partial charge in [-0.2, -0.15) is 0 Å². The van der Waals surface area contributed by atoms with Gasteiger partial charge in [0.25, 0.3) is 5.56 Å². The number of aromatic nitrogens is 2. The number of benzene rings is 8. The van der Waals surface area contributed by atoms with Gasteiger partial charge in [-0.15, -0.1) is 0 Å². The summed E-state index contributed by atoms with van der Waals surface area (Å²) in [4.78, 5) is 19.6. The minimum Gasteiger partial charge on any atom is -0.508 e. The van der Waals surface area contributed by atoms with E-state index in [0.717, 1.165) is 43.8 Å². The molecule has 0 unspecified atom stereocenters. The number of rotatable bonds is 2. The molecule has 202 valence electrons. The van der Waals surface area contributed by atoms with Crippen molar-refractivity contribution in [2.45, 2.75) is 0 Å². The van der Waals surface area contributed by atoms with Crippen molar-refractivity contribution in [3.8, 4) is 28.0 Å². The number of hydrogen-bond acceptors (Lipinski definition) is 3. The Balaban J connectivity index is 1.50. The van der Waals surface area contributed by atoms with Gasteiger partial charge < -0.3 is 5.11 Å². The summed E-state index contributed by atoms with van der Waals surface area (Å²) >= 11 is 0. The summed E-state index contributed by atoms with van der Waals surface area (Å²) in [6, 6.07) is 39.6. The molecule has 0 aliphatic carbocycles. The molecule has 0 spiro atoms. The molecule has 0 saturated heterocycles. The predicted molar refractivity (Wildman–Crippen MR) is 181 cm³/mol. The van der Waals surface area contributed by atoms with Crippen molar-refractivity contribution in [3.05, 3.63) is 126 Å². The van der Waals surface area contributed by atoms with Gasteiger partial charge in [0, 0.05) is 11.5 Å². The van der Waals surface area contributed by atoms with Gasteiger partial charge in [-0.3, -0.25) is 9.20 Å². The molecule has 4 heteroatoms. The first-order valence-corrected chi connectivity index (χ1v) is 14.8. The fourth-order valence-corrected chi connectivity index (χ4v) is 8.15. The van der Waals surface area contributed by atoms with Crippen molar-refractivity contribution in [1.29, 1.82) is 0 Å². The number of phenolic OH excluding ortho intramolecular Hbond substituents is 1. The van der Waals surface area contributed by atoms with Crippen LogP contribution in [-0.4, -0.2) is 14.5 Å². The van der Waals surface area contributed by atoms with Crippen LogP contribution in [0.15, 0.2) is 120 Å². The molecule has 0 atom stereocenters. The maximum atomic E-state index is 14.7. The van der Waals surface area contributed by atoms with Gasteiger partial charge in [0.2, 0.25) is 0 Å². The van der Waals surface area contributed by atoms with Crippen LogP contribution in [-0.2, 0) is 0 Å². The molecule has 2 aromatic heterocycles. The third-order valence-corrected chi connectivity index (χ3v) is 9.87. The van der Waals surface area contributed by atoms with Crippen LogP contribution in [0.2, 0.25) is 0 Å². The van der Waals surface area contributed by atoms with Crippen molar-refractivity contribution in [2.24, 2.45) is 0 Å². The zero-order valence-electron chi connectivity index (χ0n) is 23.2.